The molecular weight excluding hydrogens is 489 g/mol. The van der Waals surface area contributed by atoms with Crippen molar-refractivity contribution in [2.45, 2.75) is 77.8 Å². The van der Waals surface area contributed by atoms with Gasteiger partial charge in [-0.25, -0.2) is 0 Å². The Balaban J connectivity index is 1.82. The van der Waals surface area contributed by atoms with Gasteiger partial charge in [-0.05, 0) is 31.2 Å². The number of fused-ring (bicyclic) bond motifs is 1. The minimum Gasteiger partial charge on any atom is -0.144 e. The van der Waals surface area contributed by atoms with E-state index >= 15 is 0 Å². The maximum absolute atomic E-state index is 2.52. The van der Waals surface area contributed by atoms with Crippen LogP contribution in [0, 0.1) is 0 Å². The van der Waals surface area contributed by atoms with Gasteiger partial charge < -0.3 is 0 Å². The predicted octanol–water partition coefficient (Wildman–Crippen LogP) is 9.79. The second-order valence-corrected chi connectivity index (χ2v) is 26.9. The first-order valence-electron chi connectivity index (χ1n) is 11.9. The Labute approximate surface area is 214 Å². The fraction of sp³-hybridized carbons (Fsp3) is 0.429. The van der Waals surface area contributed by atoms with E-state index in [0.29, 0.717) is 10.1 Å². The molecule has 176 valence electrons. The predicted molar refractivity (Wildman–Crippen MR) is 162 cm³/mol. The Hall–Kier alpha value is -0.986. The molecule has 0 unspecified atom stereocenters. The van der Waals surface area contributed by atoms with Gasteiger partial charge in [0, 0.05) is 20.5 Å². The van der Waals surface area contributed by atoms with Crippen molar-refractivity contribution in [2.75, 3.05) is 0 Å². The first-order valence-corrected chi connectivity index (χ1v) is 20.3. The lowest BCUT2D eigenvalue weighted by atomic mass is 10.1. The molecule has 5 heteroatoms. The molecule has 1 aromatic carbocycles. The SMILES string of the molecule is CC(C)(C)[Si](C)(C)c1ccc(-c2sc(-c3ccc([Si](C)(C)C(C)(C)C)s3)c3ccccc23)s1. The van der Waals surface area contributed by atoms with E-state index < -0.39 is 16.1 Å². The van der Waals surface area contributed by atoms with Gasteiger partial charge in [-0.2, -0.15) is 0 Å². The Kier molecular flexibility index (Phi) is 6.32. The standard InChI is InChI=1S/C28H38S3Si2/c1-27(2,3)32(7,8)23-17-15-21(29-23)25-19-13-11-12-14-20(19)26(31-25)22-16-18-24(30-22)33(9,10)28(4,5)6/h11-18H,1-10H3. The summed E-state index contributed by atoms with van der Waals surface area (Å²) >= 11 is 6.07. The van der Waals surface area contributed by atoms with Crippen molar-refractivity contribution in [3.8, 4) is 19.5 Å². The van der Waals surface area contributed by atoms with Gasteiger partial charge in [-0.15, -0.1) is 34.0 Å². The summed E-state index contributed by atoms with van der Waals surface area (Å²) < 4.78 is 3.22. The van der Waals surface area contributed by atoms with E-state index in [-0.39, 0.29) is 0 Å². The summed E-state index contributed by atoms with van der Waals surface area (Å²) in [6.07, 6.45) is 0. The zero-order valence-corrected chi connectivity index (χ0v) is 26.3. The molecule has 0 saturated carbocycles. The lowest BCUT2D eigenvalue weighted by molar-refractivity contribution is 0.730. The largest absolute Gasteiger partial charge is 0.144 e. The summed E-state index contributed by atoms with van der Waals surface area (Å²) in [4.78, 5) is 5.75. The highest BCUT2D eigenvalue weighted by Crippen LogP contribution is 2.48. The quantitative estimate of drug-likeness (QED) is 0.232. The van der Waals surface area contributed by atoms with Gasteiger partial charge in [0.15, 0.2) is 0 Å². The lowest BCUT2D eigenvalue weighted by Gasteiger charge is -2.35. The molecule has 0 nitrogen and oxygen atoms in total. The Morgan fingerprint density at radius 2 is 0.879 bits per heavy atom. The minimum absolute atomic E-state index is 0.356. The molecule has 0 aliphatic heterocycles. The van der Waals surface area contributed by atoms with Gasteiger partial charge in [0.2, 0.25) is 0 Å². The van der Waals surface area contributed by atoms with Crippen molar-refractivity contribution in [2.24, 2.45) is 0 Å². The summed E-state index contributed by atoms with van der Waals surface area (Å²) in [5, 5.41) is 3.52. The van der Waals surface area contributed by atoms with E-state index in [1.54, 1.807) is 9.00 Å². The molecule has 0 spiro atoms. The zero-order chi connectivity index (χ0) is 24.4. The summed E-state index contributed by atoms with van der Waals surface area (Å²) in [7, 11) is -3.05. The smallest absolute Gasteiger partial charge is 0.0987 e. The van der Waals surface area contributed by atoms with Gasteiger partial charge in [-0.1, -0.05) is 104 Å². The van der Waals surface area contributed by atoms with E-state index in [1.807, 2.05) is 34.0 Å². The molecule has 3 aromatic heterocycles. The highest BCUT2D eigenvalue weighted by Gasteiger charge is 2.39. The second kappa shape index (κ2) is 8.30. The summed E-state index contributed by atoms with van der Waals surface area (Å²) in [6, 6.07) is 18.6. The van der Waals surface area contributed by atoms with E-state index in [0.717, 1.165) is 0 Å². The van der Waals surface area contributed by atoms with Crippen LogP contribution in [0.4, 0.5) is 0 Å². The monoisotopic (exact) mass is 526 g/mol. The van der Waals surface area contributed by atoms with Crippen LogP contribution in [0.3, 0.4) is 0 Å². The van der Waals surface area contributed by atoms with Crippen LogP contribution in [0.15, 0.2) is 48.5 Å². The van der Waals surface area contributed by atoms with Gasteiger partial charge >= 0.3 is 0 Å². The second-order valence-electron chi connectivity index (χ2n) is 12.4. The zero-order valence-electron chi connectivity index (χ0n) is 21.8. The molecule has 0 N–H and O–H groups in total. The summed E-state index contributed by atoms with van der Waals surface area (Å²) in [5.41, 5.74) is 0. The summed E-state index contributed by atoms with van der Waals surface area (Å²) in [5.74, 6) is 0. The molecule has 0 aliphatic carbocycles. The topological polar surface area (TPSA) is 0 Å². The van der Waals surface area contributed by atoms with Crippen LogP contribution in [0.1, 0.15) is 41.5 Å². The first-order chi connectivity index (χ1) is 15.1. The van der Waals surface area contributed by atoms with Crippen LogP contribution in [0.2, 0.25) is 36.3 Å². The molecular formula is C28H38S3Si2. The van der Waals surface area contributed by atoms with Crippen LogP contribution < -0.4 is 9.00 Å². The number of thiophene rings is 3. The van der Waals surface area contributed by atoms with E-state index in [2.05, 4.69) is 116 Å². The van der Waals surface area contributed by atoms with Crippen molar-refractivity contribution in [3.05, 3.63) is 48.5 Å². The molecule has 0 saturated heterocycles. The third kappa shape index (κ3) is 4.29. The number of rotatable bonds is 4. The third-order valence-corrected chi connectivity index (χ3v) is 25.6. The molecule has 3 heterocycles. The third-order valence-electron chi connectivity index (χ3n) is 8.26. The highest BCUT2D eigenvalue weighted by molar-refractivity contribution is 7.34. The molecule has 0 bridgehead atoms. The molecule has 0 radical (unpaired) electrons. The Bertz CT molecular complexity index is 1190. The molecule has 33 heavy (non-hydrogen) atoms. The van der Waals surface area contributed by atoms with Gasteiger partial charge in [0.25, 0.3) is 0 Å². The molecule has 0 amide bonds. The molecule has 0 atom stereocenters. The normalized spacial score (nSPS) is 13.8. The van der Waals surface area contributed by atoms with Gasteiger partial charge in [0.05, 0.1) is 25.9 Å². The van der Waals surface area contributed by atoms with Crippen LogP contribution >= 0.6 is 34.0 Å². The van der Waals surface area contributed by atoms with Crippen molar-refractivity contribution in [1.29, 1.82) is 0 Å². The van der Waals surface area contributed by atoms with Crippen LogP contribution in [-0.4, -0.2) is 16.1 Å². The number of hydrogen-bond donors (Lipinski definition) is 0. The van der Waals surface area contributed by atoms with E-state index in [1.165, 1.54) is 30.3 Å². The number of benzene rings is 1. The van der Waals surface area contributed by atoms with Crippen molar-refractivity contribution < 1.29 is 0 Å². The van der Waals surface area contributed by atoms with Gasteiger partial charge in [0.1, 0.15) is 0 Å². The van der Waals surface area contributed by atoms with Gasteiger partial charge in [-0.3, -0.25) is 0 Å². The van der Waals surface area contributed by atoms with Crippen LogP contribution in [-0.2, 0) is 0 Å². The fourth-order valence-electron chi connectivity index (χ4n) is 3.79. The average Bonchev–Trinajstić information content (AvgIpc) is 3.43. The van der Waals surface area contributed by atoms with E-state index in [4.69, 9.17) is 0 Å². The fourth-order valence-corrected chi connectivity index (χ4v) is 13.8. The van der Waals surface area contributed by atoms with E-state index in [9.17, 15) is 0 Å². The number of hydrogen-bond acceptors (Lipinski definition) is 3. The Morgan fingerprint density at radius 3 is 1.21 bits per heavy atom. The van der Waals surface area contributed by atoms with Crippen molar-refractivity contribution in [1.82, 2.24) is 0 Å². The molecule has 4 rings (SSSR count). The Morgan fingerprint density at radius 1 is 0.515 bits per heavy atom. The average molecular weight is 527 g/mol. The van der Waals surface area contributed by atoms with Crippen molar-refractivity contribution >= 4 is 69.9 Å². The molecule has 4 aromatic rings. The molecule has 0 aliphatic rings. The maximum atomic E-state index is 2.52. The minimum atomic E-state index is -1.52. The van der Waals surface area contributed by atoms with Crippen LogP contribution in [0.25, 0.3) is 30.3 Å². The van der Waals surface area contributed by atoms with Crippen molar-refractivity contribution in [3.63, 3.8) is 0 Å². The first kappa shape index (κ1) is 25.1. The lowest BCUT2D eigenvalue weighted by Crippen LogP contribution is -2.47. The highest BCUT2D eigenvalue weighted by atomic mass is 32.1. The maximum Gasteiger partial charge on any atom is 0.0987 e. The van der Waals surface area contributed by atoms with Crippen LogP contribution in [0.5, 0.6) is 0 Å². The molecule has 0 fully saturated rings. The summed E-state index contributed by atoms with van der Waals surface area (Å²) in [6.45, 7) is 24.6.